The molecular formula is C14H10ClF3N2O2. The molecule has 0 saturated heterocycles. The Morgan fingerprint density at radius 3 is 2.36 bits per heavy atom. The molecule has 22 heavy (non-hydrogen) atoms. The molecule has 116 valence electrons. The van der Waals surface area contributed by atoms with Crippen molar-refractivity contribution in [3.8, 4) is 0 Å². The predicted molar refractivity (Wildman–Crippen MR) is 75.8 cm³/mol. The highest BCUT2D eigenvalue weighted by molar-refractivity contribution is 6.30. The highest BCUT2D eigenvalue weighted by atomic mass is 35.5. The maximum atomic E-state index is 12.6. The van der Waals surface area contributed by atoms with Gasteiger partial charge in [-0.1, -0.05) is 11.6 Å². The molecular weight excluding hydrogens is 321 g/mol. The zero-order valence-electron chi connectivity index (χ0n) is 11.0. The zero-order valence-corrected chi connectivity index (χ0v) is 11.8. The van der Waals surface area contributed by atoms with E-state index in [0.29, 0.717) is 27.5 Å². The molecule has 2 aromatic rings. The van der Waals surface area contributed by atoms with Crippen LogP contribution in [0.1, 0.15) is 5.56 Å². The molecule has 0 aliphatic carbocycles. The molecule has 2 rings (SSSR count). The first-order valence-electron chi connectivity index (χ1n) is 6.09. The number of pyridine rings is 1. The van der Waals surface area contributed by atoms with Crippen LogP contribution in [0, 0.1) is 0 Å². The van der Waals surface area contributed by atoms with Gasteiger partial charge in [-0.15, -0.1) is 0 Å². The molecule has 1 aromatic carbocycles. The lowest BCUT2D eigenvalue weighted by atomic mass is 10.2. The fourth-order valence-electron chi connectivity index (χ4n) is 1.71. The third-order valence-electron chi connectivity index (χ3n) is 2.75. The van der Waals surface area contributed by atoms with Gasteiger partial charge in [0.15, 0.2) is 0 Å². The van der Waals surface area contributed by atoms with Gasteiger partial charge in [0.1, 0.15) is 6.54 Å². The fraction of sp³-hybridized carbons (Fsp3) is 0.143. The molecule has 0 aliphatic heterocycles. The van der Waals surface area contributed by atoms with Crippen LogP contribution in [0.3, 0.4) is 0 Å². The van der Waals surface area contributed by atoms with Crippen molar-refractivity contribution in [3.05, 3.63) is 63.5 Å². The first-order chi connectivity index (χ1) is 10.3. The van der Waals surface area contributed by atoms with Gasteiger partial charge < -0.3 is 9.88 Å². The second kappa shape index (κ2) is 6.23. The Hall–Kier alpha value is -2.28. The van der Waals surface area contributed by atoms with E-state index in [4.69, 9.17) is 11.6 Å². The lowest BCUT2D eigenvalue weighted by Gasteiger charge is -2.11. The Morgan fingerprint density at radius 1 is 1.14 bits per heavy atom. The maximum absolute atomic E-state index is 12.6. The van der Waals surface area contributed by atoms with Crippen LogP contribution < -0.4 is 10.9 Å². The minimum absolute atomic E-state index is 0.425. The summed E-state index contributed by atoms with van der Waals surface area (Å²) >= 11 is 5.69. The summed E-state index contributed by atoms with van der Waals surface area (Å²) in [6.07, 6.45) is -3.97. The quantitative estimate of drug-likeness (QED) is 0.940. The highest BCUT2D eigenvalue weighted by Crippen LogP contribution is 2.28. The molecule has 0 atom stereocenters. The van der Waals surface area contributed by atoms with Crippen molar-refractivity contribution >= 4 is 23.2 Å². The van der Waals surface area contributed by atoms with E-state index in [2.05, 4.69) is 5.32 Å². The number of benzene rings is 1. The van der Waals surface area contributed by atoms with E-state index >= 15 is 0 Å². The monoisotopic (exact) mass is 330 g/mol. The predicted octanol–water partition coefficient (Wildman–Crippen LogP) is 3.16. The van der Waals surface area contributed by atoms with Crippen LogP contribution in [-0.2, 0) is 17.5 Å². The Morgan fingerprint density at radius 2 is 1.77 bits per heavy atom. The van der Waals surface area contributed by atoms with Crippen molar-refractivity contribution in [2.45, 2.75) is 12.7 Å². The second-order valence-corrected chi connectivity index (χ2v) is 4.87. The lowest BCUT2D eigenvalue weighted by molar-refractivity contribution is -0.138. The summed E-state index contributed by atoms with van der Waals surface area (Å²) in [6, 6.07) is 7.62. The SMILES string of the molecule is O=C(Cn1cc(C(F)(F)F)ccc1=O)Nc1ccc(Cl)cc1. The molecule has 0 spiro atoms. The van der Waals surface area contributed by atoms with Crippen molar-refractivity contribution in [2.75, 3.05) is 5.32 Å². The summed E-state index contributed by atoms with van der Waals surface area (Å²) in [5, 5.41) is 2.94. The van der Waals surface area contributed by atoms with Crippen LogP contribution in [0.2, 0.25) is 5.02 Å². The topological polar surface area (TPSA) is 51.1 Å². The standard InChI is InChI=1S/C14H10ClF3N2O2/c15-10-2-4-11(5-3-10)19-12(21)8-20-7-9(14(16,17)18)1-6-13(20)22/h1-7H,8H2,(H,19,21). The molecule has 0 bridgehead atoms. The van der Waals surface area contributed by atoms with Crippen LogP contribution in [0.4, 0.5) is 18.9 Å². The number of alkyl halides is 3. The van der Waals surface area contributed by atoms with Crippen LogP contribution >= 0.6 is 11.6 Å². The van der Waals surface area contributed by atoms with Gasteiger partial charge in [-0.25, -0.2) is 0 Å². The molecule has 0 radical (unpaired) electrons. The van der Waals surface area contributed by atoms with Gasteiger partial charge >= 0.3 is 6.18 Å². The number of rotatable bonds is 3. The third-order valence-corrected chi connectivity index (χ3v) is 3.00. The zero-order chi connectivity index (χ0) is 16.3. The molecule has 0 unspecified atom stereocenters. The van der Waals surface area contributed by atoms with Gasteiger partial charge in [0.05, 0.1) is 5.56 Å². The number of carbonyl (C=O) groups is 1. The average Bonchev–Trinajstić information content (AvgIpc) is 2.42. The van der Waals surface area contributed by atoms with Crippen molar-refractivity contribution < 1.29 is 18.0 Å². The maximum Gasteiger partial charge on any atom is 0.417 e. The Balaban J connectivity index is 2.14. The summed E-state index contributed by atoms with van der Waals surface area (Å²) in [5.74, 6) is -0.622. The van der Waals surface area contributed by atoms with Gasteiger partial charge in [0.25, 0.3) is 5.56 Å². The number of nitrogens with zero attached hydrogens (tertiary/aromatic N) is 1. The molecule has 1 amide bonds. The number of aromatic nitrogens is 1. The number of carbonyl (C=O) groups excluding carboxylic acids is 1. The van der Waals surface area contributed by atoms with Gasteiger partial charge in [0, 0.05) is 23.0 Å². The lowest BCUT2D eigenvalue weighted by Crippen LogP contribution is -2.28. The number of amides is 1. The number of hydrogen-bond donors (Lipinski definition) is 1. The van der Waals surface area contributed by atoms with Crippen molar-refractivity contribution in [1.29, 1.82) is 0 Å². The summed E-state index contributed by atoms with van der Waals surface area (Å²) < 4.78 is 38.5. The first-order valence-corrected chi connectivity index (χ1v) is 6.46. The van der Waals surface area contributed by atoms with E-state index in [1.54, 1.807) is 12.1 Å². The molecule has 8 heteroatoms. The van der Waals surface area contributed by atoms with Gasteiger partial charge in [0.2, 0.25) is 5.91 Å². The minimum atomic E-state index is -4.58. The largest absolute Gasteiger partial charge is 0.417 e. The molecule has 0 aliphatic rings. The van der Waals surface area contributed by atoms with Crippen LogP contribution in [-0.4, -0.2) is 10.5 Å². The molecule has 1 aromatic heterocycles. The summed E-state index contributed by atoms with van der Waals surface area (Å²) in [7, 11) is 0. The van der Waals surface area contributed by atoms with Crippen molar-refractivity contribution in [2.24, 2.45) is 0 Å². The molecule has 0 fully saturated rings. The van der Waals surface area contributed by atoms with Crippen LogP contribution in [0.25, 0.3) is 0 Å². The second-order valence-electron chi connectivity index (χ2n) is 4.44. The molecule has 0 saturated carbocycles. The molecule has 1 heterocycles. The Kier molecular flexibility index (Phi) is 4.56. The fourth-order valence-corrected chi connectivity index (χ4v) is 1.84. The van der Waals surface area contributed by atoms with Gasteiger partial charge in [-0.2, -0.15) is 13.2 Å². The number of anilines is 1. The normalized spacial score (nSPS) is 11.3. The molecule has 4 nitrogen and oxygen atoms in total. The van der Waals surface area contributed by atoms with E-state index in [9.17, 15) is 22.8 Å². The van der Waals surface area contributed by atoms with E-state index in [1.165, 1.54) is 12.1 Å². The van der Waals surface area contributed by atoms with Crippen LogP contribution in [0.5, 0.6) is 0 Å². The van der Waals surface area contributed by atoms with Gasteiger partial charge in [-0.3, -0.25) is 9.59 Å². The number of halogens is 4. The van der Waals surface area contributed by atoms with E-state index < -0.39 is 29.8 Å². The van der Waals surface area contributed by atoms with Crippen molar-refractivity contribution in [1.82, 2.24) is 4.57 Å². The minimum Gasteiger partial charge on any atom is -0.325 e. The average molecular weight is 331 g/mol. The van der Waals surface area contributed by atoms with Gasteiger partial charge in [-0.05, 0) is 30.3 Å². The van der Waals surface area contributed by atoms with E-state index in [0.717, 1.165) is 6.07 Å². The first kappa shape index (κ1) is 16.1. The number of hydrogen-bond acceptors (Lipinski definition) is 2. The van der Waals surface area contributed by atoms with E-state index in [-0.39, 0.29) is 0 Å². The highest BCUT2D eigenvalue weighted by Gasteiger charge is 2.31. The van der Waals surface area contributed by atoms with E-state index in [1.807, 2.05) is 0 Å². The molecule has 1 N–H and O–H groups in total. The summed E-state index contributed by atoms with van der Waals surface area (Å²) in [4.78, 5) is 23.3. The Labute approximate surface area is 128 Å². The van der Waals surface area contributed by atoms with Crippen molar-refractivity contribution in [3.63, 3.8) is 0 Å². The smallest absolute Gasteiger partial charge is 0.325 e. The number of nitrogens with one attached hydrogen (secondary N) is 1. The third kappa shape index (κ3) is 4.11. The summed E-state index contributed by atoms with van der Waals surface area (Å²) in [6.45, 7) is -0.522. The van der Waals surface area contributed by atoms with Crippen LogP contribution in [0.15, 0.2) is 47.4 Å². The summed E-state index contributed by atoms with van der Waals surface area (Å²) in [5.41, 5.74) is -1.26. The Bertz CT molecular complexity index is 739.